The van der Waals surface area contributed by atoms with Crippen LogP contribution in [0.15, 0.2) is 212 Å². The molecule has 9 aromatic carbocycles. The molecule has 266 valence electrons. The zero-order valence-corrected chi connectivity index (χ0v) is 31.0. The molecule has 0 amide bonds. The maximum atomic E-state index is 2.52. The zero-order chi connectivity index (χ0) is 37.5. The molecule has 0 radical (unpaired) electrons. The second-order valence-corrected chi connectivity index (χ2v) is 14.9. The van der Waals surface area contributed by atoms with Gasteiger partial charge in [-0.3, -0.25) is 0 Å². The van der Waals surface area contributed by atoms with Crippen LogP contribution in [0.3, 0.4) is 0 Å². The number of rotatable bonds is 3. The third-order valence-corrected chi connectivity index (χ3v) is 11.8. The van der Waals surface area contributed by atoms with Crippen molar-refractivity contribution in [3.8, 4) is 44.8 Å². The van der Waals surface area contributed by atoms with Crippen LogP contribution in [0.5, 0.6) is 0 Å². The van der Waals surface area contributed by atoms with Gasteiger partial charge in [-0.2, -0.15) is 0 Å². The van der Waals surface area contributed by atoms with E-state index in [1.807, 2.05) is 0 Å². The molecule has 0 bridgehead atoms. The normalized spacial score (nSPS) is 12.2. The molecule has 3 heterocycles. The van der Waals surface area contributed by atoms with E-state index >= 15 is 0 Å². The summed E-state index contributed by atoms with van der Waals surface area (Å²) in [7, 11) is 0. The van der Waals surface area contributed by atoms with Gasteiger partial charge in [-0.25, -0.2) is 0 Å². The molecule has 0 unspecified atom stereocenters. The van der Waals surface area contributed by atoms with Crippen molar-refractivity contribution >= 4 is 60.7 Å². The first kappa shape index (κ1) is 31.7. The van der Waals surface area contributed by atoms with E-state index in [0.717, 1.165) is 28.4 Å². The molecule has 12 rings (SSSR count). The quantitative estimate of drug-likeness (QED) is 0.177. The summed E-state index contributed by atoms with van der Waals surface area (Å²) < 4.78 is 4.94. The highest BCUT2D eigenvalue weighted by Gasteiger charge is 2.27. The van der Waals surface area contributed by atoms with E-state index in [9.17, 15) is 0 Å². The van der Waals surface area contributed by atoms with Crippen LogP contribution in [0.1, 0.15) is 0 Å². The number of nitrogens with zero attached hydrogens (tertiary/aromatic N) is 3. The molecule has 3 nitrogen and oxygen atoms in total. The number of hydrogen-bond donors (Lipinski definition) is 0. The number of hydrogen-bond acceptors (Lipinski definition) is 1. The summed E-state index contributed by atoms with van der Waals surface area (Å²) in [5.74, 6) is 0. The Balaban J connectivity index is 1.22. The SMILES string of the molecule is c1ccc(-c2ccc3c(c2)N(c2ccccc2)c2ccccc2-n2c4ccc(-n5c6ccccc6c6ccccc65)cc4c4cccc(c42)-c2ccccc2-3)cc1. The molecule has 0 spiro atoms. The van der Waals surface area contributed by atoms with Crippen LogP contribution in [0.2, 0.25) is 0 Å². The Kier molecular flexibility index (Phi) is 6.93. The van der Waals surface area contributed by atoms with Gasteiger partial charge >= 0.3 is 0 Å². The molecule has 57 heavy (non-hydrogen) atoms. The van der Waals surface area contributed by atoms with Crippen molar-refractivity contribution in [3.63, 3.8) is 0 Å². The lowest BCUT2D eigenvalue weighted by Crippen LogP contribution is -2.15. The van der Waals surface area contributed by atoms with Crippen LogP contribution in [0, 0.1) is 0 Å². The van der Waals surface area contributed by atoms with Crippen molar-refractivity contribution in [2.24, 2.45) is 0 Å². The van der Waals surface area contributed by atoms with E-state index in [1.54, 1.807) is 0 Å². The predicted octanol–water partition coefficient (Wildman–Crippen LogP) is 14.7. The summed E-state index contributed by atoms with van der Waals surface area (Å²) in [5.41, 5.74) is 17.5. The molecule has 0 atom stereocenters. The number of aromatic nitrogens is 2. The van der Waals surface area contributed by atoms with Gasteiger partial charge in [0.25, 0.3) is 0 Å². The Morgan fingerprint density at radius 2 is 0.842 bits per heavy atom. The van der Waals surface area contributed by atoms with Crippen LogP contribution in [0.25, 0.3) is 88.4 Å². The summed E-state index contributed by atoms with van der Waals surface area (Å²) in [4.78, 5) is 2.46. The molecular weight excluding hydrogens is 691 g/mol. The van der Waals surface area contributed by atoms with E-state index in [-0.39, 0.29) is 0 Å². The minimum Gasteiger partial charge on any atom is -0.309 e. The number of anilines is 3. The van der Waals surface area contributed by atoms with Gasteiger partial charge in [-0.1, -0.05) is 152 Å². The molecule has 0 aliphatic carbocycles. The van der Waals surface area contributed by atoms with E-state index in [0.29, 0.717) is 0 Å². The Bertz CT molecular complexity index is 3300. The lowest BCUT2D eigenvalue weighted by molar-refractivity contribution is 1.14. The summed E-state index contributed by atoms with van der Waals surface area (Å²) in [6.07, 6.45) is 0. The molecule has 0 fully saturated rings. The number of para-hydroxylation sites is 6. The van der Waals surface area contributed by atoms with Crippen molar-refractivity contribution in [1.29, 1.82) is 0 Å². The molecule has 3 heteroatoms. The lowest BCUT2D eigenvalue weighted by atomic mass is 9.90. The molecular formula is C54H35N3. The fourth-order valence-corrected chi connectivity index (χ4v) is 9.40. The molecule has 1 aliphatic heterocycles. The van der Waals surface area contributed by atoms with Gasteiger partial charge in [0.2, 0.25) is 0 Å². The molecule has 2 aromatic heterocycles. The van der Waals surface area contributed by atoms with Crippen molar-refractivity contribution in [1.82, 2.24) is 9.13 Å². The summed E-state index contributed by atoms with van der Waals surface area (Å²) in [5, 5.41) is 4.96. The Hall–Kier alpha value is -7.62. The van der Waals surface area contributed by atoms with Crippen LogP contribution in [-0.2, 0) is 0 Å². The summed E-state index contributed by atoms with van der Waals surface area (Å²) >= 11 is 0. The molecule has 1 aliphatic rings. The van der Waals surface area contributed by atoms with Gasteiger partial charge in [0, 0.05) is 44.0 Å². The highest BCUT2D eigenvalue weighted by atomic mass is 15.2. The molecule has 0 saturated carbocycles. The highest BCUT2D eigenvalue weighted by Crippen LogP contribution is 2.50. The Labute approximate surface area is 330 Å². The maximum absolute atomic E-state index is 2.52. The number of fused-ring (bicyclic) bond motifs is 12. The van der Waals surface area contributed by atoms with Gasteiger partial charge in [0.15, 0.2) is 0 Å². The van der Waals surface area contributed by atoms with Gasteiger partial charge in [-0.05, 0) is 82.9 Å². The predicted molar refractivity (Wildman–Crippen MR) is 240 cm³/mol. The molecule has 11 aromatic rings. The van der Waals surface area contributed by atoms with Crippen LogP contribution in [0.4, 0.5) is 17.1 Å². The maximum Gasteiger partial charge on any atom is 0.0703 e. The molecule has 0 N–H and O–H groups in total. The highest BCUT2D eigenvalue weighted by molar-refractivity contribution is 6.17. The average molecular weight is 726 g/mol. The topological polar surface area (TPSA) is 13.1 Å². The fraction of sp³-hybridized carbons (Fsp3) is 0. The zero-order valence-electron chi connectivity index (χ0n) is 31.0. The third kappa shape index (κ3) is 4.73. The first-order valence-electron chi connectivity index (χ1n) is 19.6. The van der Waals surface area contributed by atoms with Crippen LogP contribution < -0.4 is 4.90 Å². The van der Waals surface area contributed by atoms with E-state index in [4.69, 9.17) is 0 Å². The van der Waals surface area contributed by atoms with Crippen LogP contribution >= 0.6 is 0 Å². The summed E-state index contributed by atoms with van der Waals surface area (Å²) in [6.45, 7) is 0. The van der Waals surface area contributed by atoms with Gasteiger partial charge in [-0.15, -0.1) is 0 Å². The minimum absolute atomic E-state index is 1.10. The first-order valence-corrected chi connectivity index (χ1v) is 19.6. The van der Waals surface area contributed by atoms with Crippen molar-refractivity contribution in [2.45, 2.75) is 0 Å². The second kappa shape index (κ2) is 12.5. The molecule has 0 saturated heterocycles. The second-order valence-electron chi connectivity index (χ2n) is 14.9. The van der Waals surface area contributed by atoms with E-state index < -0.39 is 0 Å². The Morgan fingerprint density at radius 3 is 1.60 bits per heavy atom. The number of benzene rings is 9. The van der Waals surface area contributed by atoms with Gasteiger partial charge in [0.1, 0.15) is 0 Å². The van der Waals surface area contributed by atoms with Gasteiger partial charge < -0.3 is 14.0 Å². The smallest absolute Gasteiger partial charge is 0.0703 e. The Morgan fingerprint density at radius 1 is 0.263 bits per heavy atom. The monoisotopic (exact) mass is 725 g/mol. The van der Waals surface area contributed by atoms with E-state index in [1.165, 1.54) is 77.0 Å². The van der Waals surface area contributed by atoms with Crippen molar-refractivity contribution < 1.29 is 0 Å². The average Bonchev–Trinajstić information content (AvgIpc) is 3.80. The standard InChI is InChI=1S/C54H35N3/c1-3-16-36(17-4-1)37-30-32-44-40-20-7-8-21-41(40)45-24-15-25-46-47-35-39(56-48-26-11-9-22-42(48)43-23-10-12-27-49(43)56)31-33-50(47)57(54(45)46)52-29-14-13-28-51(52)55(53(44)34-37)38-18-5-2-6-19-38/h1-35H. The largest absolute Gasteiger partial charge is 0.309 e. The van der Waals surface area contributed by atoms with Crippen LogP contribution in [-0.4, -0.2) is 9.13 Å². The fourth-order valence-electron chi connectivity index (χ4n) is 9.40. The third-order valence-electron chi connectivity index (χ3n) is 11.8. The summed E-state index contributed by atoms with van der Waals surface area (Å²) in [6, 6.07) is 77.8. The minimum atomic E-state index is 1.10. The van der Waals surface area contributed by atoms with Crippen molar-refractivity contribution in [2.75, 3.05) is 4.90 Å². The first-order chi connectivity index (χ1) is 28.3. The van der Waals surface area contributed by atoms with Gasteiger partial charge in [0.05, 0.1) is 39.1 Å². The van der Waals surface area contributed by atoms with E-state index in [2.05, 4.69) is 226 Å². The lowest BCUT2D eigenvalue weighted by Gasteiger charge is -2.32. The van der Waals surface area contributed by atoms with Crippen molar-refractivity contribution in [3.05, 3.63) is 212 Å².